The minimum atomic E-state index is -0.273. The summed E-state index contributed by atoms with van der Waals surface area (Å²) < 4.78 is 0. The van der Waals surface area contributed by atoms with Gasteiger partial charge in [0.25, 0.3) is 0 Å². The third-order valence-electron chi connectivity index (χ3n) is 3.16. The minimum Gasteiger partial charge on any atom is -0.313 e. The largest absolute Gasteiger partial charge is 0.323 e. The van der Waals surface area contributed by atoms with Crippen LogP contribution in [0.2, 0.25) is 0 Å². The van der Waals surface area contributed by atoms with Crippen LogP contribution in [-0.2, 0) is 6.42 Å². The molecule has 0 aromatic heterocycles. The lowest BCUT2D eigenvalue weighted by atomic mass is 9.99. The monoisotopic (exact) mass is 245 g/mol. The summed E-state index contributed by atoms with van der Waals surface area (Å²) in [6, 6.07) is 7.70. The molecule has 4 heteroatoms. The highest BCUT2D eigenvalue weighted by atomic mass is 16.2. The highest BCUT2D eigenvalue weighted by Gasteiger charge is 2.33. The van der Waals surface area contributed by atoms with E-state index in [9.17, 15) is 4.79 Å². The fourth-order valence-corrected chi connectivity index (χ4v) is 2.28. The Labute approximate surface area is 108 Å². The van der Waals surface area contributed by atoms with Gasteiger partial charge in [-0.3, -0.25) is 10.7 Å². The maximum Gasteiger partial charge on any atom is 0.323 e. The van der Waals surface area contributed by atoms with Gasteiger partial charge in [0, 0.05) is 7.05 Å². The number of nitrogens with zero attached hydrogens (tertiary/aromatic N) is 1. The van der Waals surface area contributed by atoms with E-state index in [1.807, 2.05) is 12.1 Å². The molecule has 0 aliphatic carbocycles. The van der Waals surface area contributed by atoms with Crippen LogP contribution in [0.4, 0.5) is 4.79 Å². The molecule has 1 aliphatic rings. The van der Waals surface area contributed by atoms with Gasteiger partial charge >= 0.3 is 6.03 Å². The van der Waals surface area contributed by atoms with Gasteiger partial charge in [-0.15, -0.1) is 0 Å². The Bertz CT molecular complexity index is 464. The molecule has 2 amide bonds. The van der Waals surface area contributed by atoms with Gasteiger partial charge in [-0.1, -0.05) is 38.1 Å². The standard InChI is InChI=1S/C14H19N3O/c1-9(2)8-10-4-6-11(7-5-10)12-13(15)16-14(18)17(12)3/h4-7,9,12H,8H2,1-3H3,(H2,15,16,18). The molecule has 1 heterocycles. The summed E-state index contributed by atoms with van der Waals surface area (Å²) in [5.41, 5.74) is 2.27. The van der Waals surface area contributed by atoms with Crippen molar-refractivity contribution in [3.8, 4) is 0 Å². The third-order valence-corrected chi connectivity index (χ3v) is 3.16. The topological polar surface area (TPSA) is 56.2 Å². The number of hydrogen-bond acceptors (Lipinski definition) is 2. The first-order valence-corrected chi connectivity index (χ1v) is 6.20. The number of carbonyl (C=O) groups excluding carboxylic acids is 1. The summed E-state index contributed by atoms with van der Waals surface area (Å²) in [5.74, 6) is 0.880. The Morgan fingerprint density at radius 2 is 1.94 bits per heavy atom. The number of urea groups is 1. The summed E-state index contributed by atoms with van der Waals surface area (Å²) in [6.07, 6.45) is 1.05. The van der Waals surface area contributed by atoms with E-state index >= 15 is 0 Å². The molecule has 0 saturated carbocycles. The number of hydrogen-bond donors (Lipinski definition) is 2. The molecule has 0 radical (unpaired) electrons. The molecule has 96 valence electrons. The zero-order valence-electron chi connectivity index (χ0n) is 11.0. The lowest BCUT2D eigenvalue weighted by molar-refractivity contribution is 0.217. The van der Waals surface area contributed by atoms with Crippen molar-refractivity contribution in [3.05, 3.63) is 35.4 Å². The van der Waals surface area contributed by atoms with Crippen molar-refractivity contribution in [2.75, 3.05) is 7.05 Å². The molecule has 2 N–H and O–H groups in total. The molecular weight excluding hydrogens is 226 g/mol. The maximum absolute atomic E-state index is 11.5. The molecule has 1 fully saturated rings. The molecule has 1 unspecified atom stereocenters. The molecule has 1 atom stereocenters. The van der Waals surface area contributed by atoms with Crippen LogP contribution < -0.4 is 5.32 Å². The highest BCUT2D eigenvalue weighted by molar-refractivity contribution is 6.05. The summed E-state index contributed by atoms with van der Waals surface area (Å²) in [4.78, 5) is 13.0. The van der Waals surface area contributed by atoms with Gasteiger partial charge in [0.2, 0.25) is 0 Å². The van der Waals surface area contributed by atoms with E-state index in [1.165, 1.54) is 5.56 Å². The Kier molecular flexibility index (Phi) is 3.36. The van der Waals surface area contributed by atoms with E-state index in [0.29, 0.717) is 5.92 Å². The van der Waals surface area contributed by atoms with Crippen LogP contribution in [0.1, 0.15) is 31.0 Å². The second-order valence-electron chi connectivity index (χ2n) is 5.20. The van der Waals surface area contributed by atoms with Crippen molar-refractivity contribution in [1.82, 2.24) is 10.2 Å². The van der Waals surface area contributed by atoms with Crippen LogP contribution in [0.5, 0.6) is 0 Å². The molecule has 4 nitrogen and oxygen atoms in total. The van der Waals surface area contributed by atoms with Gasteiger partial charge in [0.1, 0.15) is 11.9 Å². The normalized spacial score (nSPS) is 19.6. The summed E-state index contributed by atoms with van der Waals surface area (Å²) in [6.45, 7) is 4.38. The molecule has 2 rings (SSSR count). The van der Waals surface area contributed by atoms with Crippen LogP contribution in [0.25, 0.3) is 0 Å². The van der Waals surface area contributed by atoms with E-state index in [-0.39, 0.29) is 17.9 Å². The second-order valence-corrected chi connectivity index (χ2v) is 5.20. The van der Waals surface area contributed by atoms with E-state index in [0.717, 1.165) is 12.0 Å². The second kappa shape index (κ2) is 4.80. The van der Waals surface area contributed by atoms with Gasteiger partial charge in [0.05, 0.1) is 0 Å². The molecule has 0 bridgehead atoms. The zero-order valence-corrected chi connectivity index (χ0v) is 11.0. The molecule has 1 aromatic carbocycles. The van der Waals surface area contributed by atoms with Gasteiger partial charge in [0.15, 0.2) is 0 Å². The lowest BCUT2D eigenvalue weighted by Gasteiger charge is -2.18. The first-order valence-electron chi connectivity index (χ1n) is 6.20. The number of benzene rings is 1. The molecule has 0 spiro atoms. The fourth-order valence-electron chi connectivity index (χ4n) is 2.28. The molecule has 18 heavy (non-hydrogen) atoms. The Hall–Kier alpha value is -1.84. The number of carbonyl (C=O) groups is 1. The van der Waals surface area contributed by atoms with Crippen molar-refractivity contribution in [3.63, 3.8) is 0 Å². The fraction of sp³-hybridized carbons (Fsp3) is 0.429. The SMILES string of the molecule is CC(C)Cc1ccc(C2C(=N)NC(=O)N2C)cc1. The van der Waals surface area contributed by atoms with Crippen molar-refractivity contribution in [2.24, 2.45) is 5.92 Å². The average molecular weight is 245 g/mol. The van der Waals surface area contributed by atoms with Crippen LogP contribution in [0, 0.1) is 11.3 Å². The van der Waals surface area contributed by atoms with Gasteiger partial charge < -0.3 is 4.90 Å². The molecule has 1 saturated heterocycles. The molecule has 1 aliphatic heterocycles. The predicted molar refractivity (Wildman–Crippen MR) is 71.7 cm³/mol. The summed E-state index contributed by atoms with van der Waals surface area (Å²) >= 11 is 0. The minimum absolute atomic E-state index is 0.212. The van der Waals surface area contributed by atoms with E-state index in [4.69, 9.17) is 5.41 Å². The summed E-state index contributed by atoms with van der Waals surface area (Å²) in [5, 5.41) is 10.3. The number of nitrogens with one attached hydrogen (secondary N) is 2. The van der Waals surface area contributed by atoms with E-state index in [1.54, 1.807) is 11.9 Å². The van der Waals surface area contributed by atoms with Crippen LogP contribution >= 0.6 is 0 Å². The lowest BCUT2D eigenvalue weighted by Crippen LogP contribution is -2.25. The first-order chi connectivity index (χ1) is 8.49. The third kappa shape index (κ3) is 2.37. The van der Waals surface area contributed by atoms with Gasteiger partial charge in [-0.25, -0.2) is 4.79 Å². The first kappa shape index (κ1) is 12.6. The number of rotatable bonds is 3. The quantitative estimate of drug-likeness (QED) is 0.844. The Morgan fingerprint density at radius 3 is 2.39 bits per heavy atom. The van der Waals surface area contributed by atoms with Crippen LogP contribution in [0.3, 0.4) is 0 Å². The predicted octanol–water partition coefficient (Wildman–Crippen LogP) is 2.56. The van der Waals surface area contributed by atoms with E-state index < -0.39 is 0 Å². The zero-order chi connectivity index (χ0) is 13.3. The Balaban J connectivity index is 2.19. The maximum atomic E-state index is 11.5. The molecular formula is C14H19N3O. The van der Waals surface area contributed by atoms with Crippen LogP contribution in [0.15, 0.2) is 24.3 Å². The average Bonchev–Trinajstić information content (AvgIpc) is 2.54. The van der Waals surface area contributed by atoms with Crippen molar-refractivity contribution in [2.45, 2.75) is 26.3 Å². The number of likely N-dealkylation sites (N-methyl/N-ethyl adjacent to an activating group) is 1. The smallest absolute Gasteiger partial charge is 0.313 e. The van der Waals surface area contributed by atoms with Crippen molar-refractivity contribution >= 4 is 11.9 Å². The van der Waals surface area contributed by atoms with Gasteiger partial charge in [-0.2, -0.15) is 0 Å². The van der Waals surface area contributed by atoms with Crippen molar-refractivity contribution in [1.29, 1.82) is 5.41 Å². The van der Waals surface area contributed by atoms with Gasteiger partial charge in [-0.05, 0) is 23.5 Å². The number of amidine groups is 1. The number of amides is 2. The molecule has 1 aromatic rings. The van der Waals surface area contributed by atoms with E-state index in [2.05, 4.69) is 31.3 Å². The highest BCUT2D eigenvalue weighted by Crippen LogP contribution is 2.24. The Morgan fingerprint density at radius 1 is 1.33 bits per heavy atom. The van der Waals surface area contributed by atoms with Crippen LogP contribution in [-0.4, -0.2) is 23.8 Å². The van der Waals surface area contributed by atoms with Crippen molar-refractivity contribution < 1.29 is 4.79 Å². The summed E-state index contributed by atoms with van der Waals surface area (Å²) in [7, 11) is 1.71.